The number of rotatable bonds is 1. The third-order valence-corrected chi connectivity index (χ3v) is 3.48. The largest absolute Gasteiger partial charge is 0.469 e. The van der Waals surface area contributed by atoms with E-state index >= 15 is 0 Å². The van der Waals surface area contributed by atoms with Gasteiger partial charge in [0.25, 0.3) is 0 Å². The topological polar surface area (TPSA) is 38.3 Å². The molecule has 0 amide bonds. The predicted octanol–water partition coefficient (Wildman–Crippen LogP) is 1.50. The molecule has 14 heavy (non-hydrogen) atoms. The fourth-order valence-corrected chi connectivity index (χ4v) is 2.75. The van der Waals surface area contributed by atoms with Crippen molar-refractivity contribution >= 4 is 18.4 Å². The van der Waals surface area contributed by atoms with Gasteiger partial charge in [0.05, 0.1) is 13.0 Å². The lowest BCUT2D eigenvalue weighted by Gasteiger charge is -2.23. The predicted molar refractivity (Wildman–Crippen MR) is 56.6 cm³/mol. The maximum absolute atomic E-state index is 11.3. The monoisotopic (exact) mass is 219 g/mol. The van der Waals surface area contributed by atoms with Gasteiger partial charge in [0.2, 0.25) is 0 Å². The first kappa shape index (κ1) is 11.8. The Morgan fingerprint density at radius 1 is 1.50 bits per heavy atom. The summed E-state index contributed by atoms with van der Waals surface area (Å²) in [6, 6.07) is 0. The molecule has 1 N–H and O–H groups in total. The van der Waals surface area contributed by atoms with Crippen molar-refractivity contribution in [1.29, 1.82) is 0 Å². The molecule has 0 aromatic heterocycles. The number of ether oxygens (including phenoxy) is 1. The van der Waals surface area contributed by atoms with Crippen molar-refractivity contribution in [3.05, 3.63) is 0 Å². The first-order chi connectivity index (χ1) is 6.26. The summed E-state index contributed by atoms with van der Waals surface area (Å²) >= 11 is 0. The van der Waals surface area contributed by atoms with Crippen LogP contribution in [0, 0.1) is 5.92 Å². The molecule has 0 radical (unpaired) electrons. The minimum absolute atomic E-state index is 0. The molecule has 2 aliphatic rings. The third-order valence-electron chi connectivity index (χ3n) is 3.48. The normalized spacial score (nSPS) is 35.6. The zero-order valence-corrected chi connectivity index (χ0v) is 9.36. The lowest BCUT2D eigenvalue weighted by atomic mass is 9.94. The van der Waals surface area contributed by atoms with E-state index in [1.807, 2.05) is 0 Å². The second kappa shape index (κ2) is 4.49. The molecule has 1 saturated carbocycles. The Morgan fingerprint density at radius 2 is 2.29 bits per heavy atom. The third kappa shape index (κ3) is 2.04. The maximum atomic E-state index is 11.3. The molecule has 4 heteroatoms. The van der Waals surface area contributed by atoms with Crippen molar-refractivity contribution in [3.63, 3.8) is 0 Å². The van der Waals surface area contributed by atoms with Gasteiger partial charge >= 0.3 is 5.97 Å². The summed E-state index contributed by atoms with van der Waals surface area (Å²) in [6.07, 6.45) is 5.63. The van der Waals surface area contributed by atoms with Crippen LogP contribution in [0.5, 0.6) is 0 Å². The average Bonchev–Trinajstić information content (AvgIpc) is 2.76. The van der Waals surface area contributed by atoms with Crippen molar-refractivity contribution in [2.75, 3.05) is 13.7 Å². The number of nitrogens with one attached hydrogen (secondary N) is 1. The van der Waals surface area contributed by atoms with Crippen LogP contribution in [-0.4, -0.2) is 25.2 Å². The van der Waals surface area contributed by atoms with Crippen LogP contribution in [-0.2, 0) is 9.53 Å². The number of methoxy groups -OCH3 is 1. The van der Waals surface area contributed by atoms with Gasteiger partial charge < -0.3 is 10.1 Å². The van der Waals surface area contributed by atoms with E-state index in [-0.39, 0.29) is 24.3 Å². The molecule has 2 fully saturated rings. The van der Waals surface area contributed by atoms with Gasteiger partial charge in [-0.3, -0.25) is 4.79 Å². The highest BCUT2D eigenvalue weighted by atomic mass is 35.5. The average molecular weight is 220 g/mol. The van der Waals surface area contributed by atoms with Crippen LogP contribution in [0.15, 0.2) is 0 Å². The van der Waals surface area contributed by atoms with Crippen molar-refractivity contribution in [2.24, 2.45) is 5.92 Å². The van der Waals surface area contributed by atoms with Crippen LogP contribution < -0.4 is 5.32 Å². The summed E-state index contributed by atoms with van der Waals surface area (Å²) in [5.74, 6) is 0.126. The van der Waals surface area contributed by atoms with Gasteiger partial charge in [-0.2, -0.15) is 0 Å². The Bertz CT molecular complexity index is 214. The molecule has 1 aliphatic carbocycles. The van der Waals surface area contributed by atoms with E-state index in [4.69, 9.17) is 4.74 Å². The first-order valence-corrected chi connectivity index (χ1v) is 5.09. The zero-order valence-electron chi connectivity index (χ0n) is 8.54. The number of hydrogen-bond acceptors (Lipinski definition) is 3. The molecule has 2 rings (SSSR count). The zero-order chi connectivity index (χ0) is 9.31. The van der Waals surface area contributed by atoms with Crippen molar-refractivity contribution in [3.8, 4) is 0 Å². The number of halogens is 1. The van der Waals surface area contributed by atoms with Crippen LogP contribution in [0.3, 0.4) is 0 Å². The van der Waals surface area contributed by atoms with Gasteiger partial charge in [-0.05, 0) is 38.6 Å². The second-order valence-electron chi connectivity index (χ2n) is 4.27. The molecule has 0 bridgehead atoms. The Labute approximate surface area is 91.0 Å². The van der Waals surface area contributed by atoms with E-state index in [0.29, 0.717) is 5.54 Å². The molecule has 1 aliphatic heterocycles. The summed E-state index contributed by atoms with van der Waals surface area (Å²) in [6.45, 7) is 1.12. The van der Waals surface area contributed by atoms with Gasteiger partial charge in [0, 0.05) is 5.54 Å². The first-order valence-electron chi connectivity index (χ1n) is 5.09. The molecular weight excluding hydrogens is 202 g/mol. The number of carbonyl (C=O) groups is 1. The van der Waals surface area contributed by atoms with Gasteiger partial charge in [-0.25, -0.2) is 0 Å². The van der Waals surface area contributed by atoms with E-state index in [9.17, 15) is 4.79 Å². The van der Waals surface area contributed by atoms with Crippen LogP contribution in [0.4, 0.5) is 0 Å². The van der Waals surface area contributed by atoms with E-state index in [1.54, 1.807) is 0 Å². The lowest BCUT2D eigenvalue weighted by Crippen LogP contribution is -2.37. The van der Waals surface area contributed by atoms with Crippen LogP contribution in [0.1, 0.15) is 32.1 Å². The van der Waals surface area contributed by atoms with E-state index < -0.39 is 0 Å². The molecule has 0 aromatic rings. The van der Waals surface area contributed by atoms with Crippen LogP contribution >= 0.6 is 12.4 Å². The molecule has 1 saturated heterocycles. The minimum atomic E-state index is -0.0226. The second-order valence-corrected chi connectivity index (χ2v) is 4.27. The quantitative estimate of drug-likeness (QED) is 0.680. The SMILES string of the molecule is COC(=O)C1CCC2(CCCN2)C1.Cl. The standard InChI is InChI=1S/C10H17NO2.ClH/c1-13-9(12)8-3-5-10(7-8)4-2-6-11-10;/h8,11H,2-7H2,1H3;1H. The summed E-state index contributed by atoms with van der Waals surface area (Å²) in [5.41, 5.74) is 0.291. The van der Waals surface area contributed by atoms with E-state index in [2.05, 4.69) is 5.32 Å². The summed E-state index contributed by atoms with van der Waals surface area (Å²) in [4.78, 5) is 11.3. The Morgan fingerprint density at radius 3 is 2.86 bits per heavy atom. The van der Waals surface area contributed by atoms with E-state index in [1.165, 1.54) is 20.0 Å². The lowest BCUT2D eigenvalue weighted by molar-refractivity contribution is -0.145. The molecule has 1 heterocycles. The summed E-state index contributed by atoms with van der Waals surface area (Å²) < 4.78 is 4.77. The number of hydrogen-bond donors (Lipinski definition) is 1. The maximum Gasteiger partial charge on any atom is 0.308 e. The van der Waals surface area contributed by atoms with Crippen molar-refractivity contribution in [2.45, 2.75) is 37.6 Å². The van der Waals surface area contributed by atoms with Gasteiger partial charge in [0.1, 0.15) is 0 Å². The molecule has 82 valence electrons. The smallest absolute Gasteiger partial charge is 0.308 e. The fourth-order valence-electron chi connectivity index (χ4n) is 2.75. The molecule has 2 unspecified atom stereocenters. The van der Waals surface area contributed by atoms with Gasteiger partial charge in [0.15, 0.2) is 0 Å². The number of esters is 1. The Balaban J connectivity index is 0.000000980. The van der Waals surface area contributed by atoms with Crippen LogP contribution in [0.25, 0.3) is 0 Å². The number of carbonyl (C=O) groups excluding carboxylic acids is 1. The highest BCUT2D eigenvalue weighted by Crippen LogP contribution is 2.40. The highest BCUT2D eigenvalue weighted by molar-refractivity contribution is 5.85. The van der Waals surface area contributed by atoms with Crippen LogP contribution in [0.2, 0.25) is 0 Å². The summed E-state index contributed by atoms with van der Waals surface area (Å²) in [5, 5.41) is 3.53. The Hall–Kier alpha value is -0.280. The van der Waals surface area contributed by atoms with Gasteiger partial charge in [-0.1, -0.05) is 0 Å². The van der Waals surface area contributed by atoms with Gasteiger partial charge in [-0.15, -0.1) is 12.4 Å². The molecule has 2 atom stereocenters. The molecule has 1 spiro atoms. The minimum Gasteiger partial charge on any atom is -0.469 e. The van der Waals surface area contributed by atoms with Crippen molar-refractivity contribution < 1.29 is 9.53 Å². The highest BCUT2D eigenvalue weighted by Gasteiger charge is 2.43. The van der Waals surface area contributed by atoms with E-state index in [0.717, 1.165) is 25.8 Å². The summed E-state index contributed by atoms with van der Waals surface area (Å²) in [7, 11) is 1.48. The fraction of sp³-hybridized carbons (Fsp3) is 0.900. The molecular formula is C10H18ClNO2. The molecule has 3 nitrogen and oxygen atoms in total. The molecule has 0 aromatic carbocycles. The van der Waals surface area contributed by atoms with Crippen molar-refractivity contribution in [1.82, 2.24) is 5.32 Å². The Kier molecular flexibility index (Phi) is 3.78.